The molecule has 1 saturated heterocycles. The molecule has 1 spiro atoms. The number of para-hydroxylation sites is 1. The second kappa shape index (κ2) is 6.23. The van der Waals surface area contributed by atoms with Gasteiger partial charge in [-0.05, 0) is 55.8 Å². The van der Waals surface area contributed by atoms with Gasteiger partial charge in [-0.15, -0.1) is 0 Å². The average molecular weight is 456 g/mol. The molecule has 2 aromatic carbocycles. The topological polar surface area (TPSA) is 80.8 Å². The maximum absolute atomic E-state index is 12.9. The van der Waals surface area contributed by atoms with E-state index in [1.54, 1.807) is 7.11 Å². The fourth-order valence-electron chi connectivity index (χ4n) is 7.77. The van der Waals surface area contributed by atoms with Gasteiger partial charge in [-0.2, -0.15) is 0 Å². The summed E-state index contributed by atoms with van der Waals surface area (Å²) in [6, 6.07) is 12.3. The van der Waals surface area contributed by atoms with Crippen LogP contribution in [0.25, 0.3) is 10.9 Å². The van der Waals surface area contributed by atoms with Crippen molar-refractivity contribution in [1.82, 2.24) is 9.88 Å². The van der Waals surface area contributed by atoms with E-state index in [0.717, 1.165) is 76.8 Å². The third kappa shape index (κ3) is 2.13. The second-order valence-electron chi connectivity index (χ2n) is 11.0. The van der Waals surface area contributed by atoms with Gasteiger partial charge in [0.05, 0.1) is 29.3 Å². The number of likely N-dealkylation sites (tertiary alicyclic amines) is 1. The normalized spacial score (nSPS) is 32.8. The maximum Gasteiger partial charge on any atom is 0.166 e. The van der Waals surface area contributed by atoms with E-state index in [0.29, 0.717) is 6.42 Å². The maximum atomic E-state index is 12.9. The monoisotopic (exact) mass is 455 g/mol. The van der Waals surface area contributed by atoms with Crippen LogP contribution >= 0.6 is 0 Å². The highest BCUT2D eigenvalue weighted by atomic mass is 16.5. The Kier molecular flexibility index (Phi) is 3.57. The molecule has 2 aliphatic heterocycles. The molecule has 3 heterocycles. The number of aromatic nitrogens is 1. The summed E-state index contributed by atoms with van der Waals surface area (Å²) < 4.78 is 12.5. The summed E-state index contributed by atoms with van der Waals surface area (Å²) in [5.41, 5.74) is 11.2. The summed E-state index contributed by atoms with van der Waals surface area (Å²) in [5.74, 6) is 2.30. The van der Waals surface area contributed by atoms with E-state index in [2.05, 4.69) is 11.0 Å². The quantitative estimate of drug-likeness (QED) is 0.629. The van der Waals surface area contributed by atoms with Crippen molar-refractivity contribution in [3.63, 3.8) is 0 Å². The molecule has 3 N–H and O–H groups in total. The number of aliphatic hydroxyl groups is 1. The van der Waals surface area contributed by atoms with Crippen LogP contribution in [-0.4, -0.2) is 46.8 Å². The van der Waals surface area contributed by atoms with Crippen LogP contribution in [-0.2, 0) is 18.3 Å². The molecule has 3 aromatic rings. The number of nitrogen functional groups attached to an aromatic ring is 1. The zero-order valence-electron chi connectivity index (χ0n) is 19.4. The molecule has 1 aromatic heterocycles. The second-order valence-corrected chi connectivity index (χ2v) is 11.0. The van der Waals surface area contributed by atoms with Gasteiger partial charge in [0.2, 0.25) is 0 Å². The van der Waals surface area contributed by atoms with Gasteiger partial charge in [0.15, 0.2) is 17.6 Å². The van der Waals surface area contributed by atoms with Crippen LogP contribution in [0.3, 0.4) is 0 Å². The van der Waals surface area contributed by atoms with Gasteiger partial charge in [-0.25, -0.2) is 4.98 Å². The summed E-state index contributed by atoms with van der Waals surface area (Å²) in [7, 11) is 1.69. The average Bonchev–Trinajstić information content (AvgIpc) is 3.59. The molecule has 8 rings (SSSR count). The van der Waals surface area contributed by atoms with Crippen molar-refractivity contribution in [2.75, 3.05) is 25.9 Å². The third-order valence-electron chi connectivity index (χ3n) is 9.48. The van der Waals surface area contributed by atoms with E-state index in [1.807, 2.05) is 30.3 Å². The van der Waals surface area contributed by atoms with Crippen molar-refractivity contribution >= 4 is 16.6 Å². The zero-order chi connectivity index (χ0) is 22.8. The Morgan fingerprint density at radius 2 is 2.09 bits per heavy atom. The molecule has 3 aliphatic carbocycles. The smallest absolute Gasteiger partial charge is 0.166 e. The number of ether oxygens (including phenoxy) is 2. The number of benzene rings is 2. The van der Waals surface area contributed by atoms with Crippen LogP contribution < -0.4 is 15.2 Å². The predicted octanol–water partition coefficient (Wildman–Crippen LogP) is 3.52. The van der Waals surface area contributed by atoms with E-state index < -0.39 is 11.0 Å². The van der Waals surface area contributed by atoms with E-state index in [-0.39, 0.29) is 12.1 Å². The molecule has 6 heteroatoms. The summed E-state index contributed by atoms with van der Waals surface area (Å²) in [6.45, 7) is 2.04. The Bertz CT molecular complexity index is 1390. The lowest BCUT2D eigenvalue weighted by Crippen LogP contribution is -2.74. The highest BCUT2D eigenvalue weighted by Gasteiger charge is 2.73. The lowest BCUT2D eigenvalue weighted by molar-refractivity contribution is -0.173. The molecule has 2 fully saturated rings. The number of pyridine rings is 1. The SMILES string of the molecule is COc1ccc2c3c1OC1c4nc5ccccc5c(N)c4CC4(O)[C@H](C2)N(CC2CC2)CC[C@]314. The van der Waals surface area contributed by atoms with Gasteiger partial charge in [-0.3, -0.25) is 4.90 Å². The Balaban J connectivity index is 1.42. The van der Waals surface area contributed by atoms with Gasteiger partial charge in [0, 0.05) is 41.2 Å². The fourth-order valence-corrected chi connectivity index (χ4v) is 7.77. The van der Waals surface area contributed by atoms with E-state index in [1.165, 1.54) is 18.4 Å². The molecular formula is C28H29N3O3. The number of nitrogens with zero attached hydrogens (tertiary/aromatic N) is 2. The highest BCUT2D eigenvalue weighted by molar-refractivity contribution is 5.92. The Morgan fingerprint density at radius 3 is 2.91 bits per heavy atom. The summed E-state index contributed by atoms with van der Waals surface area (Å²) in [4.78, 5) is 7.70. The van der Waals surface area contributed by atoms with Gasteiger partial charge < -0.3 is 20.3 Å². The van der Waals surface area contributed by atoms with Gasteiger partial charge >= 0.3 is 0 Å². The van der Waals surface area contributed by atoms with Crippen molar-refractivity contribution in [3.8, 4) is 11.5 Å². The van der Waals surface area contributed by atoms with E-state index >= 15 is 0 Å². The minimum absolute atomic E-state index is 0.0406. The Hall–Kier alpha value is -2.83. The summed E-state index contributed by atoms with van der Waals surface area (Å²) in [6.07, 6.45) is 4.42. The van der Waals surface area contributed by atoms with Crippen LogP contribution in [0.1, 0.15) is 47.8 Å². The minimum Gasteiger partial charge on any atom is -0.493 e. The van der Waals surface area contributed by atoms with Crippen LogP contribution in [0.2, 0.25) is 0 Å². The number of anilines is 1. The molecular weight excluding hydrogens is 426 g/mol. The summed E-state index contributed by atoms with van der Waals surface area (Å²) in [5, 5.41) is 13.8. The van der Waals surface area contributed by atoms with E-state index in [9.17, 15) is 5.11 Å². The van der Waals surface area contributed by atoms with Gasteiger partial charge in [0.25, 0.3) is 0 Å². The number of hydrogen-bond acceptors (Lipinski definition) is 6. The van der Waals surface area contributed by atoms with Crippen LogP contribution in [0, 0.1) is 5.92 Å². The first-order chi connectivity index (χ1) is 16.5. The summed E-state index contributed by atoms with van der Waals surface area (Å²) >= 11 is 0. The lowest BCUT2D eigenvalue weighted by atomic mass is 9.48. The van der Waals surface area contributed by atoms with Crippen LogP contribution in [0.5, 0.6) is 11.5 Å². The molecule has 2 bridgehead atoms. The molecule has 5 aliphatic rings. The Labute approximate surface area is 198 Å². The first-order valence-electron chi connectivity index (χ1n) is 12.6. The number of methoxy groups -OCH3 is 1. The van der Waals surface area contributed by atoms with Crippen molar-refractivity contribution in [2.24, 2.45) is 5.92 Å². The Morgan fingerprint density at radius 1 is 1.24 bits per heavy atom. The van der Waals surface area contributed by atoms with Crippen molar-refractivity contribution in [3.05, 3.63) is 58.8 Å². The standard InChI is InChI=1S/C28H29N3O3/c1-33-20-9-8-16-12-21-28(32)13-18-23(29)17-4-2-3-5-19(17)30-24(18)26-27(28,22(16)25(20)34-26)10-11-31(21)14-15-6-7-15/h2-5,8-9,15,21,26,32H,6-7,10-14H2,1H3,(H2,29,30)/t21-,26?,27-,28?/m0/s1. The van der Waals surface area contributed by atoms with Crippen LogP contribution in [0.15, 0.2) is 36.4 Å². The van der Waals surface area contributed by atoms with Crippen LogP contribution in [0.4, 0.5) is 5.69 Å². The number of fused-ring (bicyclic) bond motifs is 3. The zero-order valence-corrected chi connectivity index (χ0v) is 19.4. The number of hydrogen-bond donors (Lipinski definition) is 2. The first-order valence-corrected chi connectivity index (χ1v) is 12.6. The molecule has 174 valence electrons. The molecule has 1 saturated carbocycles. The molecule has 2 unspecified atom stereocenters. The van der Waals surface area contributed by atoms with E-state index in [4.69, 9.17) is 20.2 Å². The molecule has 0 amide bonds. The van der Waals surface area contributed by atoms with Gasteiger partial charge in [-0.1, -0.05) is 24.3 Å². The first kappa shape index (κ1) is 19.5. The highest BCUT2D eigenvalue weighted by Crippen LogP contribution is 2.69. The van der Waals surface area contributed by atoms with Crippen molar-refractivity contribution < 1.29 is 14.6 Å². The third-order valence-corrected chi connectivity index (χ3v) is 9.48. The molecule has 34 heavy (non-hydrogen) atoms. The molecule has 0 radical (unpaired) electrons. The van der Waals surface area contributed by atoms with Crippen molar-refractivity contribution in [1.29, 1.82) is 0 Å². The number of nitrogens with two attached hydrogens (primary N) is 1. The number of rotatable bonds is 3. The largest absolute Gasteiger partial charge is 0.493 e. The minimum atomic E-state index is -0.972. The number of piperidine rings is 1. The van der Waals surface area contributed by atoms with Crippen molar-refractivity contribution in [2.45, 2.75) is 55.3 Å². The predicted molar refractivity (Wildman–Crippen MR) is 129 cm³/mol. The molecule has 6 nitrogen and oxygen atoms in total. The van der Waals surface area contributed by atoms with Gasteiger partial charge in [0.1, 0.15) is 0 Å². The lowest BCUT2D eigenvalue weighted by Gasteiger charge is -2.63. The molecule has 4 atom stereocenters. The fraction of sp³-hybridized carbons (Fsp3) is 0.464.